The lowest BCUT2D eigenvalue weighted by Crippen LogP contribution is -2.50. The summed E-state index contributed by atoms with van der Waals surface area (Å²) in [5.74, 6) is 0. The second-order valence-electron chi connectivity index (χ2n) is 7.08. The van der Waals surface area contributed by atoms with Gasteiger partial charge in [-0.3, -0.25) is 0 Å². The fourth-order valence-corrected chi connectivity index (χ4v) is 3.92. The first-order chi connectivity index (χ1) is 8.16. The van der Waals surface area contributed by atoms with Crippen LogP contribution in [-0.2, 0) is 9.16 Å². The van der Waals surface area contributed by atoms with E-state index in [1.54, 1.807) is 6.08 Å². The van der Waals surface area contributed by atoms with Crippen LogP contribution in [0, 0.1) is 0 Å². The van der Waals surface area contributed by atoms with Gasteiger partial charge in [-0.1, -0.05) is 20.8 Å². The summed E-state index contributed by atoms with van der Waals surface area (Å²) in [6.07, 6.45) is 6.20. The summed E-state index contributed by atoms with van der Waals surface area (Å²) in [4.78, 5) is 0. The zero-order valence-electron chi connectivity index (χ0n) is 12.2. The predicted octanol–water partition coefficient (Wildman–Crippen LogP) is 3.20. The molecule has 104 valence electrons. The van der Waals surface area contributed by atoms with Crippen molar-refractivity contribution in [2.75, 3.05) is 0 Å². The smallest absolute Gasteiger partial charge is 0.192 e. The van der Waals surface area contributed by atoms with Crippen LogP contribution in [0.1, 0.15) is 40.0 Å². The van der Waals surface area contributed by atoms with Gasteiger partial charge < -0.3 is 14.3 Å². The van der Waals surface area contributed by atoms with Gasteiger partial charge in [-0.15, -0.1) is 0 Å². The van der Waals surface area contributed by atoms with Crippen LogP contribution >= 0.6 is 0 Å². The maximum Gasteiger partial charge on any atom is 0.192 e. The van der Waals surface area contributed by atoms with Crippen molar-refractivity contribution in [1.82, 2.24) is 0 Å². The summed E-state index contributed by atoms with van der Waals surface area (Å²) in [6, 6.07) is 0. The Bertz CT molecular complexity index is 345. The van der Waals surface area contributed by atoms with E-state index in [0.717, 1.165) is 19.3 Å². The molecule has 1 saturated carbocycles. The molecule has 18 heavy (non-hydrogen) atoms. The molecular weight excluding hydrogens is 244 g/mol. The SMILES string of the molecule is CC(C)(C)[Si](C)(C)O[C@@H]1CCC[C@]12C=CC(O)O2. The van der Waals surface area contributed by atoms with Crippen LogP contribution in [-0.4, -0.2) is 31.4 Å². The molecule has 0 radical (unpaired) electrons. The van der Waals surface area contributed by atoms with Gasteiger partial charge in [0.1, 0.15) is 5.60 Å². The van der Waals surface area contributed by atoms with Gasteiger partial charge in [0.05, 0.1) is 6.10 Å². The molecule has 1 fully saturated rings. The van der Waals surface area contributed by atoms with E-state index >= 15 is 0 Å². The van der Waals surface area contributed by atoms with Crippen molar-refractivity contribution in [3.05, 3.63) is 12.2 Å². The average Bonchev–Trinajstić information content (AvgIpc) is 2.74. The predicted molar refractivity (Wildman–Crippen MR) is 74.9 cm³/mol. The van der Waals surface area contributed by atoms with Crippen molar-refractivity contribution in [2.45, 2.75) is 76.2 Å². The van der Waals surface area contributed by atoms with Crippen LogP contribution in [0.3, 0.4) is 0 Å². The van der Waals surface area contributed by atoms with E-state index in [1.165, 1.54) is 0 Å². The van der Waals surface area contributed by atoms with Crippen molar-refractivity contribution in [3.8, 4) is 0 Å². The van der Waals surface area contributed by atoms with Gasteiger partial charge in [0.2, 0.25) is 0 Å². The van der Waals surface area contributed by atoms with Gasteiger partial charge in [0, 0.05) is 0 Å². The monoisotopic (exact) mass is 270 g/mol. The van der Waals surface area contributed by atoms with Crippen LogP contribution in [0.25, 0.3) is 0 Å². The second kappa shape index (κ2) is 4.44. The molecule has 0 bridgehead atoms. The van der Waals surface area contributed by atoms with Gasteiger partial charge in [-0.2, -0.15) is 0 Å². The highest BCUT2D eigenvalue weighted by Crippen LogP contribution is 2.45. The molecule has 0 aromatic heterocycles. The number of aliphatic hydroxyl groups excluding tert-OH is 1. The quantitative estimate of drug-likeness (QED) is 0.618. The molecule has 3 atom stereocenters. The molecule has 1 aliphatic carbocycles. The maximum absolute atomic E-state index is 9.58. The number of ether oxygens (including phenoxy) is 1. The minimum absolute atomic E-state index is 0.104. The second-order valence-corrected chi connectivity index (χ2v) is 11.8. The molecule has 2 aliphatic rings. The maximum atomic E-state index is 9.58. The van der Waals surface area contributed by atoms with E-state index in [-0.39, 0.29) is 16.7 Å². The zero-order chi connectivity index (χ0) is 13.6. The summed E-state index contributed by atoms with van der Waals surface area (Å²) in [7, 11) is -1.78. The zero-order valence-corrected chi connectivity index (χ0v) is 13.2. The first-order valence-electron chi connectivity index (χ1n) is 6.89. The number of aliphatic hydroxyl groups is 1. The lowest BCUT2D eigenvalue weighted by molar-refractivity contribution is -0.150. The van der Waals surface area contributed by atoms with Crippen molar-refractivity contribution in [3.63, 3.8) is 0 Å². The average molecular weight is 270 g/mol. The lowest BCUT2D eigenvalue weighted by Gasteiger charge is -2.42. The molecule has 1 spiro atoms. The molecule has 1 aliphatic heterocycles. The van der Waals surface area contributed by atoms with Gasteiger partial charge in [-0.05, 0) is 49.5 Å². The molecule has 1 heterocycles. The Hall–Kier alpha value is -0.163. The molecule has 2 rings (SSSR count). The van der Waals surface area contributed by atoms with Crippen LogP contribution < -0.4 is 0 Å². The molecule has 4 heteroatoms. The summed E-state index contributed by atoms with van der Waals surface area (Å²) >= 11 is 0. The normalized spacial score (nSPS) is 36.8. The van der Waals surface area contributed by atoms with Crippen LogP contribution in [0.2, 0.25) is 18.1 Å². The highest BCUT2D eigenvalue weighted by Gasteiger charge is 2.50. The van der Waals surface area contributed by atoms with Crippen molar-refractivity contribution in [1.29, 1.82) is 0 Å². The third-order valence-corrected chi connectivity index (χ3v) is 9.19. The van der Waals surface area contributed by atoms with Gasteiger partial charge in [0.15, 0.2) is 14.6 Å². The Morgan fingerprint density at radius 2 is 2.06 bits per heavy atom. The molecular formula is C14H26O3Si. The lowest BCUT2D eigenvalue weighted by atomic mass is 10.0. The number of rotatable bonds is 2. The summed E-state index contributed by atoms with van der Waals surface area (Å²) in [5, 5.41) is 9.78. The molecule has 1 unspecified atom stereocenters. The Kier molecular flexibility index (Phi) is 3.52. The van der Waals surface area contributed by atoms with Crippen LogP contribution in [0.4, 0.5) is 0 Å². The van der Waals surface area contributed by atoms with Crippen LogP contribution in [0.15, 0.2) is 12.2 Å². The molecule has 0 saturated heterocycles. The van der Waals surface area contributed by atoms with E-state index in [1.807, 2.05) is 6.08 Å². The Labute approximate surface area is 111 Å². The third-order valence-electron chi connectivity index (χ3n) is 4.71. The van der Waals surface area contributed by atoms with Gasteiger partial charge >= 0.3 is 0 Å². The molecule has 3 nitrogen and oxygen atoms in total. The largest absolute Gasteiger partial charge is 0.411 e. The Balaban J connectivity index is 2.12. The van der Waals surface area contributed by atoms with Gasteiger partial charge in [0.25, 0.3) is 0 Å². The van der Waals surface area contributed by atoms with Crippen molar-refractivity contribution < 1.29 is 14.3 Å². The molecule has 0 aromatic carbocycles. The standard InChI is InChI=1S/C14H26O3Si/c1-13(2,3)18(4,5)17-11-7-6-9-14(11)10-8-12(15)16-14/h8,10-12,15H,6-7,9H2,1-5H3/t11-,12?,14+/m1/s1. The summed E-state index contributed by atoms with van der Waals surface area (Å²) < 4.78 is 12.2. The van der Waals surface area contributed by atoms with E-state index in [9.17, 15) is 5.11 Å². The van der Waals surface area contributed by atoms with Crippen molar-refractivity contribution in [2.24, 2.45) is 0 Å². The van der Waals surface area contributed by atoms with E-state index < -0.39 is 14.6 Å². The topological polar surface area (TPSA) is 38.7 Å². The number of hydrogen-bond donors (Lipinski definition) is 1. The minimum Gasteiger partial charge on any atom is -0.411 e. The van der Waals surface area contributed by atoms with E-state index in [2.05, 4.69) is 33.9 Å². The minimum atomic E-state index is -1.78. The first-order valence-corrected chi connectivity index (χ1v) is 9.80. The summed E-state index contributed by atoms with van der Waals surface area (Å²) in [5.41, 5.74) is -0.366. The van der Waals surface area contributed by atoms with Gasteiger partial charge in [-0.25, -0.2) is 0 Å². The third kappa shape index (κ3) is 2.44. The highest BCUT2D eigenvalue weighted by atomic mass is 28.4. The fourth-order valence-electron chi connectivity index (χ4n) is 2.53. The first kappa shape index (κ1) is 14.3. The Morgan fingerprint density at radius 1 is 1.39 bits per heavy atom. The molecule has 0 amide bonds. The highest BCUT2D eigenvalue weighted by molar-refractivity contribution is 6.74. The molecule has 0 aromatic rings. The van der Waals surface area contributed by atoms with E-state index in [4.69, 9.17) is 9.16 Å². The van der Waals surface area contributed by atoms with Crippen molar-refractivity contribution >= 4 is 8.32 Å². The Morgan fingerprint density at radius 3 is 2.56 bits per heavy atom. The molecule has 1 N–H and O–H groups in total. The number of hydrogen-bond acceptors (Lipinski definition) is 3. The van der Waals surface area contributed by atoms with E-state index in [0.29, 0.717) is 0 Å². The van der Waals surface area contributed by atoms with Crippen LogP contribution in [0.5, 0.6) is 0 Å². The fraction of sp³-hybridized carbons (Fsp3) is 0.857. The summed E-state index contributed by atoms with van der Waals surface area (Å²) in [6.45, 7) is 11.3.